The minimum atomic E-state index is -0.618. The van der Waals surface area contributed by atoms with Crippen molar-refractivity contribution in [2.45, 2.75) is 26.8 Å². The van der Waals surface area contributed by atoms with E-state index in [9.17, 15) is 9.59 Å². The van der Waals surface area contributed by atoms with Gasteiger partial charge in [-0.15, -0.1) is 0 Å². The van der Waals surface area contributed by atoms with Gasteiger partial charge in [0.2, 0.25) is 11.8 Å². The Kier molecular flexibility index (Phi) is 4.60. The first-order valence-electron chi connectivity index (χ1n) is 8.13. The second-order valence-electron chi connectivity index (χ2n) is 6.11. The van der Waals surface area contributed by atoms with Gasteiger partial charge in [0.1, 0.15) is 5.92 Å². The van der Waals surface area contributed by atoms with Crippen LogP contribution in [0.4, 0.5) is 5.69 Å². The quantitative estimate of drug-likeness (QED) is 0.879. The predicted molar refractivity (Wildman–Crippen MR) is 92.5 cm³/mol. The number of anilines is 1. The molecule has 1 N–H and O–H groups in total. The summed E-state index contributed by atoms with van der Waals surface area (Å²) in [5.41, 5.74) is 3.82. The summed E-state index contributed by atoms with van der Waals surface area (Å²) in [6, 6.07) is 11.5. The van der Waals surface area contributed by atoms with Gasteiger partial charge in [0.15, 0.2) is 0 Å². The van der Waals surface area contributed by atoms with Gasteiger partial charge < -0.3 is 10.2 Å². The third-order valence-corrected chi connectivity index (χ3v) is 4.40. The number of aromatic nitrogens is 1. The Morgan fingerprint density at radius 3 is 2.62 bits per heavy atom. The van der Waals surface area contributed by atoms with Gasteiger partial charge in [0.25, 0.3) is 0 Å². The highest BCUT2D eigenvalue weighted by Gasteiger charge is 2.38. The Balaban J connectivity index is 1.69. The van der Waals surface area contributed by atoms with Gasteiger partial charge in [-0.1, -0.05) is 24.3 Å². The first-order chi connectivity index (χ1) is 11.6. The minimum Gasteiger partial charge on any atom is -0.350 e. The topological polar surface area (TPSA) is 62.3 Å². The van der Waals surface area contributed by atoms with Gasteiger partial charge in [-0.25, -0.2) is 0 Å². The molecule has 124 valence electrons. The Labute approximate surface area is 141 Å². The summed E-state index contributed by atoms with van der Waals surface area (Å²) in [7, 11) is 0. The first kappa shape index (κ1) is 16.2. The van der Waals surface area contributed by atoms with E-state index in [1.54, 1.807) is 11.1 Å². The van der Waals surface area contributed by atoms with Crippen molar-refractivity contribution in [3.8, 4) is 0 Å². The molecule has 2 amide bonds. The molecule has 1 aromatic heterocycles. The summed E-state index contributed by atoms with van der Waals surface area (Å²) in [5.74, 6) is -0.960. The van der Waals surface area contributed by atoms with Crippen molar-refractivity contribution in [3.05, 3.63) is 59.4 Å². The first-order valence-corrected chi connectivity index (χ1v) is 8.13. The maximum absolute atomic E-state index is 12.7. The molecule has 1 atom stereocenters. The van der Waals surface area contributed by atoms with Crippen LogP contribution in [-0.4, -0.2) is 23.3 Å². The molecule has 0 spiro atoms. The van der Waals surface area contributed by atoms with Gasteiger partial charge >= 0.3 is 0 Å². The van der Waals surface area contributed by atoms with Crippen molar-refractivity contribution < 1.29 is 9.59 Å². The molecule has 3 rings (SSSR count). The second-order valence-corrected chi connectivity index (χ2v) is 6.11. The van der Waals surface area contributed by atoms with Crippen LogP contribution in [0.1, 0.15) is 23.2 Å². The van der Waals surface area contributed by atoms with E-state index in [2.05, 4.69) is 10.3 Å². The van der Waals surface area contributed by atoms with E-state index in [-0.39, 0.29) is 11.8 Å². The Morgan fingerprint density at radius 2 is 1.96 bits per heavy atom. The van der Waals surface area contributed by atoms with Crippen molar-refractivity contribution in [3.63, 3.8) is 0 Å². The molecule has 5 nitrogen and oxygen atoms in total. The predicted octanol–water partition coefficient (Wildman–Crippen LogP) is 2.37. The summed E-state index contributed by atoms with van der Waals surface area (Å²) in [6.45, 7) is 4.90. The van der Waals surface area contributed by atoms with Crippen LogP contribution in [0.25, 0.3) is 0 Å². The van der Waals surface area contributed by atoms with E-state index in [4.69, 9.17) is 0 Å². The van der Waals surface area contributed by atoms with Crippen LogP contribution in [0.2, 0.25) is 0 Å². The van der Waals surface area contributed by atoms with Crippen LogP contribution in [0.15, 0.2) is 42.6 Å². The highest BCUT2D eigenvalue weighted by atomic mass is 16.2. The number of hydrogen-bond acceptors (Lipinski definition) is 3. The number of hydrogen-bond donors (Lipinski definition) is 1. The summed E-state index contributed by atoms with van der Waals surface area (Å²) in [5, 5.41) is 2.82. The normalized spacial score (nSPS) is 17.2. The number of rotatable bonds is 4. The monoisotopic (exact) mass is 323 g/mol. The summed E-state index contributed by atoms with van der Waals surface area (Å²) >= 11 is 0. The van der Waals surface area contributed by atoms with Crippen LogP contribution in [0.3, 0.4) is 0 Å². The van der Waals surface area contributed by atoms with Crippen LogP contribution in [-0.2, 0) is 16.1 Å². The van der Waals surface area contributed by atoms with Crippen molar-refractivity contribution in [2.75, 3.05) is 11.4 Å². The molecule has 1 aliphatic heterocycles. The molecule has 1 aromatic carbocycles. The number of benzene rings is 1. The summed E-state index contributed by atoms with van der Waals surface area (Å²) in [4.78, 5) is 31.0. The number of carbonyl (C=O) groups excluding carboxylic acids is 2. The van der Waals surface area contributed by atoms with Crippen LogP contribution in [0.5, 0.6) is 0 Å². The van der Waals surface area contributed by atoms with E-state index < -0.39 is 5.92 Å². The van der Waals surface area contributed by atoms with Gasteiger partial charge in [-0.2, -0.15) is 0 Å². The van der Waals surface area contributed by atoms with Gasteiger partial charge in [-0.3, -0.25) is 14.6 Å². The zero-order chi connectivity index (χ0) is 17.1. The molecule has 0 saturated carbocycles. The molecule has 0 unspecified atom stereocenters. The zero-order valence-electron chi connectivity index (χ0n) is 14.0. The number of nitrogens with zero attached hydrogens (tertiary/aromatic N) is 2. The lowest BCUT2D eigenvalue weighted by atomic mass is 10.1. The Morgan fingerprint density at radius 1 is 1.21 bits per heavy atom. The number of carbonyl (C=O) groups is 2. The van der Waals surface area contributed by atoms with Gasteiger partial charge in [0, 0.05) is 18.4 Å². The van der Waals surface area contributed by atoms with Crippen molar-refractivity contribution in [1.82, 2.24) is 10.3 Å². The Hall–Kier alpha value is -2.69. The van der Waals surface area contributed by atoms with Crippen molar-refractivity contribution in [1.29, 1.82) is 0 Å². The average Bonchev–Trinajstić information content (AvgIpc) is 2.95. The molecule has 1 fully saturated rings. The zero-order valence-corrected chi connectivity index (χ0v) is 14.0. The largest absolute Gasteiger partial charge is 0.350 e. The molecule has 5 heteroatoms. The lowest BCUT2D eigenvalue weighted by Crippen LogP contribution is -2.37. The Bertz CT molecular complexity index is 738. The van der Waals surface area contributed by atoms with Gasteiger partial charge in [0.05, 0.1) is 12.2 Å². The molecular weight excluding hydrogens is 302 g/mol. The minimum absolute atomic E-state index is 0.120. The highest BCUT2D eigenvalue weighted by Crippen LogP contribution is 2.30. The number of nitrogens with one attached hydrogen (secondary N) is 1. The van der Waals surface area contributed by atoms with E-state index in [1.807, 2.05) is 50.2 Å². The van der Waals surface area contributed by atoms with E-state index in [0.29, 0.717) is 19.5 Å². The van der Waals surface area contributed by atoms with Crippen LogP contribution in [0, 0.1) is 19.8 Å². The fourth-order valence-electron chi connectivity index (χ4n) is 3.18. The number of pyridine rings is 1. The highest BCUT2D eigenvalue weighted by molar-refractivity contribution is 6.10. The lowest BCUT2D eigenvalue weighted by molar-refractivity contribution is -0.132. The number of para-hydroxylation sites is 1. The fourth-order valence-corrected chi connectivity index (χ4v) is 3.18. The fraction of sp³-hybridized carbons (Fsp3) is 0.316. The molecular formula is C19H21N3O2. The van der Waals surface area contributed by atoms with Crippen LogP contribution >= 0.6 is 0 Å². The smallest absolute Gasteiger partial charge is 0.239 e. The van der Waals surface area contributed by atoms with Crippen molar-refractivity contribution >= 4 is 17.5 Å². The molecule has 24 heavy (non-hydrogen) atoms. The third-order valence-electron chi connectivity index (χ3n) is 4.40. The summed E-state index contributed by atoms with van der Waals surface area (Å²) in [6.07, 6.45) is 2.23. The number of amides is 2. The van der Waals surface area contributed by atoms with E-state index in [1.165, 1.54) is 0 Å². The molecule has 0 aliphatic carbocycles. The molecule has 1 aliphatic rings. The maximum atomic E-state index is 12.7. The van der Waals surface area contributed by atoms with Crippen molar-refractivity contribution in [2.24, 2.45) is 5.92 Å². The van der Waals surface area contributed by atoms with E-state index >= 15 is 0 Å². The molecule has 2 heterocycles. The molecule has 2 aromatic rings. The molecule has 0 radical (unpaired) electrons. The SMILES string of the molecule is Cc1cccc(C)c1N1CC[C@H](C(=O)NCc2ccccn2)C1=O. The third kappa shape index (κ3) is 3.15. The van der Waals surface area contributed by atoms with Gasteiger partial charge in [-0.05, 0) is 43.5 Å². The standard InChI is InChI=1S/C19H21N3O2/c1-13-6-5-7-14(2)17(13)22-11-9-16(19(22)24)18(23)21-12-15-8-3-4-10-20-15/h3-8,10,16H,9,11-12H2,1-2H3,(H,21,23)/t16-/m1/s1. The van der Waals surface area contributed by atoms with E-state index in [0.717, 1.165) is 22.5 Å². The molecule has 1 saturated heterocycles. The number of aryl methyl sites for hydroxylation is 2. The second kappa shape index (κ2) is 6.83. The lowest BCUT2D eigenvalue weighted by Gasteiger charge is -2.21. The molecule has 0 bridgehead atoms. The average molecular weight is 323 g/mol. The maximum Gasteiger partial charge on any atom is 0.239 e. The van der Waals surface area contributed by atoms with Crippen LogP contribution < -0.4 is 10.2 Å². The summed E-state index contributed by atoms with van der Waals surface area (Å²) < 4.78 is 0.